The molecular weight excluding hydrogens is 494 g/mol. The standard InChI is InChI=1S/C31H37N3O5/c1-20(32-30(35)21-18-26(36-5)28(38-7)27(19-21)37-6)29-33-24-10-8-9-11-25(24)34(29)16-17-39-23-14-12-22(13-15-23)31(2,3)4/h8-15,18-20H,16-17H2,1-7H3,(H,32,35). The number of fused-ring (bicyclic) bond motifs is 1. The molecule has 0 fully saturated rings. The number of nitrogens with one attached hydrogen (secondary N) is 1. The first-order chi connectivity index (χ1) is 18.7. The number of amides is 1. The van der Waals surface area contributed by atoms with Crippen LogP contribution >= 0.6 is 0 Å². The molecule has 4 rings (SSSR count). The third kappa shape index (κ3) is 6.11. The highest BCUT2D eigenvalue weighted by atomic mass is 16.5. The van der Waals surface area contributed by atoms with Crippen LogP contribution in [-0.2, 0) is 12.0 Å². The molecule has 0 spiro atoms. The molecule has 206 valence electrons. The van der Waals surface area contributed by atoms with E-state index in [2.05, 4.69) is 42.8 Å². The molecule has 0 saturated carbocycles. The van der Waals surface area contributed by atoms with Gasteiger partial charge in [-0.3, -0.25) is 4.79 Å². The summed E-state index contributed by atoms with van der Waals surface area (Å²) in [6, 6.07) is 19.0. The number of para-hydroxylation sites is 2. The fourth-order valence-corrected chi connectivity index (χ4v) is 4.52. The topological polar surface area (TPSA) is 83.8 Å². The maximum absolute atomic E-state index is 13.3. The molecular formula is C31H37N3O5. The molecule has 39 heavy (non-hydrogen) atoms. The first-order valence-corrected chi connectivity index (χ1v) is 13.0. The second-order valence-corrected chi connectivity index (χ2v) is 10.3. The van der Waals surface area contributed by atoms with Crippen molar-refractivity contribution in [1.82, 2.24) is 14.9 Å². The monoisotopic (exact) mass is 531 g/mol. The predicted molar refractivity (Wildman–Crippen MR) is 152 cm³/mol. The Morgan fingerprint density at radius 3 is 2.18 bits per heavy atom. The van der Waals surface area contributed by atoms with Gasteiger partial charge in [-0.2, -0.15) is 0 Å². The average molecular weight is 532 g/mol. The number of hydrogen-bond acceptors (Lipinski definition) is 6. The van der Waals surface area contributed by atoms with Gasteiger partial charge >= 0.3 is 0 Å². The van der Waals surface area contributed by atoms with E-state index in [1.807, 2.05) is 43.3 Å². The van der Waals surface area contributed by atoms with Gasteiger partial charge in [-0.05, 0) is 54.3 Å². The number of carbonyl (C=O) groups is 1. The summed E-state index contributed by atoms with van der Waals surface area (Å²) in [7, 11) is 4.56. The van der Waals surface area contributed by atoms with Crippen LogP contribution in [-0.4, -0.2) is 43.4 Å². The fraction of sp³-hybridized carbons (Fsp3) is 0.355. The Kier molecular flexibility index (Phi) is 8.33. The van der Waals surface area contributed by atoms with Crippen molar-refractivity contribution in [3.63, 3.8) is 0 Å². The third-order valence-electron chi connectivity index (χ3n) is 6.65. The molecule has 0 bridgehead atoms. The quantitative estimate of drug-likeness (QED) is 0.273. The predicted octanol–water partition coefficient (Wildman–Crippen LogP) is 5.93. The van der Waals surface area contributed by atoms with Crippen molar-refractivity contribution in [2.75, 3.05) is 27.9 Å². The highest BCUT2D eigenvalue weighted by molar-refractivity contribution is 5.96. The molecule has 1 amide bonds. The lowest BCUT2D eigenvalue weighted by Crippen LogP contribution is -2.29. The van der Waals surface area contributed by atoms with E-state index in [1.54, 1.807) is 12.1 Å². The lowest BCUT2D eigenvalue weighted by molar-refractivity contribution is 0.0936. The minimum absolute atomic E-state index is 0.0891. The highest BCUT2D eigenvalue weighted by Crippen LogP contribution is 2.38. The Balaban J connectivity index is 1.53. The van der Waals surface area contributed by atoms with Crippen LogP contribution in [0.3, 0.4) is 0 Å². The van der Waals surface area contributed by atoms with Crippen LogP contribution < -0.4 is 24.3 Å². The molecule has 8 heteroatoms. The van der Waals surface area contributed by atoms with Gasteiger partial charge in [0, 0.05) is 5.56 Å². The first-order valence-electron chi connectivity index (χ1n) is 13.0. The summed E-state index contributed by atoms with van der Waals surface area (Å²) >= 11 is 0. The molecule has 4 aromatic rings. The Bertz CT molecular complexity index is 1410. The van der Waals surface area contributed by atoms with E-state index >= 15 is 0 Å². The van der Waals surface area contributed by atoms with Crippen LogP contribution in [0.1, 0.15) is 55.5 Å². The summed E-state index contributed by atoms with van der Waals surface area (Å²) in [5.41, 5.74) is 3.57. The molecule has 1 heterocycles. The number of ether oxygens (including phenoxy) is 4. The molecule has 0 radical (unpaired) electrons. The van der Waals surface area contributed by atoms with Crippen molar-refractivity contribution in [1.29, 1.82) is 0 Å². The van der Waals surface area contributed by atoms with E-state index in [0.29, 0.717) is 36.0 Å². The zero-order valence-electron chi connectivity index (χ0n) is 23.7. The molecule has 1 N–H and O–H groups in total. The number of hydrogen-bond donors (Lipinski definition) is 1. The Morgan fingerprint density at radius 2 is 1.59 bits per heavy atom. The number of benzene rings is 3. The lowest BCUT2D eigenvalue weighted by Gasteiger charge is -2.19. The fourth-order valence-electron chi connectivity index (χ4n) is 4.52. The van der Waals surface area contributed by atoms with Gasteiger partial charge in [0.05, 0.1) is 44.9 Å². The average Bonchev–Trinajstić information content (AvgIpc) is 3.30. The smallest absolute Gasteiger partial charge is 0.252 e. The number of aromatic nitrogens is 2. The van der Waals surface area contributed by atoms with Crippen molar-refractivity contribution in [3.05, 3.63) is 77.6 Å². The number of imidazole rings is 1. The Hall–Kier alpha value is -4.20. The van der Waals surface area contributed by atoms with Crippen LogP contribution in [0.4, 0.5) is 0 Å². The summed E-state index contributed by atoms with van der Waals surface area (Å²) in [5.74, 6) is 2.53. The van der Waals surface area contributed by atoms with Gasteiger partial charge < -0.3 is 28.8 Å². The van der Waals surface area contributed by atoms with Crippen molar-refractivity contribution >= 4 is 16.9 Å². The largest absolute Gasteiger partial charge is 0.493 e. The highest BCUT2D eigenvalue weighted by Gasteiger charge is 2.22. The lowest BCUT2D eigenvalue weighted by atomic mass is 9.87. The van der Waals surface area contributed by atoms with Gasteiger partial charge in [-0.15, -0.1) is 0 Å². The van der Waals surface area contributed by atoms with Gasteiger partial charge in [0.15, 0.2) is 11.5 Å². The normalized spacial score (nSPS) is 12.2. The van der Waals surface area contributed by atoms with E-state index < -0.39 is 0 Å². The summed E-state index contributed by atoms with van der Waals surface area (Å²) in [6.45, 7) is 9.51. The zero-order chi connectivity index (χ0) is 28.2. The van der Waals surface area contributed by atoms with E-state index in [9.17, 15) is 4.79 Å². The van der Waals surface area contributed by atoms with Crippen molar-refractivity contribution in [3.8, 4) is 23.0 Å². The van der Waals surface area contributed by atoms with Crippen molar-refractivity contribution < 1.29 is 23.7 Å². The second kappa shape index (κ2) is 11.7. The third-order valence-corrected chi connectivity index (χ3v) is 6.65. The Labute approximate surface area is 229 Å². The van der Waals surface area contributed by atoms with Gasteiger partial charge in [0.2, 0.25) is 5.75 Å². The number of rotatable bonds is 10. The van der Waals surface area contributed by atoms with Crippen LogP contribution in [0.25, 0.3) is 11.0 Å². The maximum atomic E-state index is 13.3. The summed E-state index contributed by atoms with van der Waals surface area (Å²) in [5, 5.41) is 3.07. The molecule has 0 aliphatic rings. The van der Waals surface area contributed by atoms with Crippen molar-refractivity contribution in [2.24, 2.45) is 0 Å². The number of methoxy groups -OCH3 is 3. The Morgan fingerprint density at radius 1 is 0.949 bits per heavy atom. The maximum Gasteiger partial charge on any atom is 0.252 e. The van der Waals surface area contributed by atoms with E-state index in [-0.39, 0.29) is 17.4 Å². The summed E-state index contributed by atoms with van der Waals surface area (Å²) in [6.07, 6.45) is 0. The number of nitrogens with zero attached hydrogens (tertiary/aromatic N) is 2. The van der Waals surface area contributed by atoms with Crippen LogP contribution in [0.5, 0.6) is 23.0 Å². The van der Waals surface area contributed by atoms with E-state index in [4.69, 9.17) is 23.9 Å². The van der Waals surface area contributed by atoms with Gasteiger partial charge in [-0.1, -0.05) is 45.0 Å². The van der Waals surface area contributed by atoms with Gasteiger partial charge in [0.25, 0.3) is 5.91 Å². The molecule has 1 atom stereocenters. The van der Waals surface area contributed by atoms with Crippen LogP contribution in [0.15, 0.2) is 60.7 Å². The number of carbonyl (C=O) groups excluding carboxylic acids is 1. The first kappa shape index (κ1) is 27.8. The summed E-state index contributed by atoms with van der Waals surface area (Å²) < 4.78 is 24.4. The minimum Gasteiger partial charge on any atom is -0.493 e. The molecule has 1 unspecified atom stereocenters. The zero-order valence-corrected chi connectivity index (χ0v) is 23.7. The molecule has 3 aromatic carbocycles. The van der Waals surface area contributed by atoms with E-state index in [0.717, 1.165) is 22.6 Å². The SMILES string of the molecule is COc1cc(C(=O)NC(C)c2nc3ccccc3n2CCOc2ccc(C(C)(C)C)cc2)cc(OC)c1OC. The molecule has 0 aliphatic heterocycles. The molecule has 0 aliphatic carbocycles. The second-order valence-electron chi connectivity index (χ2n) is 10.3. The van der Waals surface area contributed by atoms with Gasteiger partial charge in [0.1, 0.15) is 18.2 Å². The van der Waals surface area contributed by atoms with Gasteiger partial charge in [-0.25, -0.2) is 4.98 Å². The molecule has 1 aromatic heterocycles. The summed E-state index contributed by atoms with van der Waals surface area (Å²) in [4.78, 5) is 18.1. The van der Waals surface area contributed by atoms with Crippen LogP contribution in [0, 0.1) is 0 Å². The minimum atomic E-state index is -0.380. The molecule has 0 saturated heterocycles. The van der Waals surface area contributed by atoms with E-state index in [1.165, 1.54) is 26.9 Å². The van der Waals surface area contributed by atoms with Crippen molar-refractivity contribution in [2.45, 2.75) is 45.7 Å². The molecule has 8 nitrogen and oxygen atoms in total. The van der Waals surface area contributed by atoms with Crippen LogP contribution in [0.2, 0.25) is 0 Å².